The van der Waals surface area contributed by atoms with Crippen molar-refractivity contribution in [3.05, 3.63) is 59.7 Å². The zero-order valence-corrected chi connectivity index (χ0v) is 24.4. The van der Waals surface area contributed by atoms with Crippen molar-refractivity contribution in [3.8, 4) is 11.5 Å². The fraction of sp³-hybridized carbons (Fsp3) is 0.552. The Bertz CT molecular complexity index is 1120. The molecule has 0 unspecified atom stereocenters. The molecule has 2 aliphatic heterocycles. The standard InChI is InChI=1S/C29H41NO7Si/c1-28(2,3)38(6,7)35-17-24-26(37-29(4,5)36-24)25(31)21(16-30-27(32)19-11-9-8-10-12-19)20-13-14-22-23(15-20)34-18-33-22/h8-15,21,24-26,31H,16-18H2,1-7H3,(H,30,32)/t21-,24-,25+,26+/m0/s1. The molecule has 1 amide bonds. The molecule has 9 heteroatoms. The molecule has 1 fully saturated rings. The molecule has 2 heterocycles. The van der Waals surface area contributed by atoms with Crippen LogP contribution in [0.5, 0.6) is 11.5 Å². The highest BCUT2D eigenvalue weighted by atomic mass is 28.4. The molecule has 0 saturated carbocycles. The molecule has 2 aromatic rings. The Balaban J connectivity index is 1.58. The van der Waals surface area contributed by atoms with E-state index in [1.165, 1.54) is 0 Å². The normalized spacial score (nSPS) is 22.2. The average Bonchev–Trinajstić information content (AvgIpc) is 3.45. The van der Waals surface area contributed by atoms with Gasteiger partial charge in [-0.15, -0.1) is 0 Å². The first-order valence-electron chi connectivity index (χ1n) is 13.2. The van der Waals surface area contributed by atoms with Gasteiger partial charge in [0.25, 0.3) is 5.91 Å². The van der Waals surface area contributed by atoms with Gasteiger partial charge < -0.3 is 33.8 Å². The van der Waals surface area contributed by atoms with Gasteiger partial charge in [0.15, 0.2) is 25.6 Å². The third kappa shape index (κ3) is 6.40. The van der Waals surface area contributed by atoms with Crippen molar-refractivity contribution in [1.29, 1.82) is 0 Å². The predicted molar refractivity (Wildman–Crippen MR) is 147 cm³/mol. The van der Waals surface area contributed by atoms with E-state index in [0.29, 0.717) is 23.7 Å². The molecule has 0 radical (unpaired) electrons. The molecule has 1 saturated heterocycles. The number of ether oxygens (including phenoxy) is 4. The largest absolute Gasteiger partial charge is 0.454 e. The number of benzene rings is 2. The van der Waals surface area contributed by atoms with Crippen LogP contribution in [-0.4, -0.2) is 63.4 Å². The van der Waals surface area contributed by atoms with Gasteiger partial charge >= 0.3 is 0 Å². The van der Waals surface area contributed by atoms with E-state index < -0.39 is 38.3 Å². The van der Waals surface area contributed by atoms with Crippen molar-refractivity contribution in [2.24, 2.45) is 0 Å². The minimum absolute atomic E-state index is 0.0346. The minimum Gasteiger partial charge on any atom is -0.454 e. The van der Waals surface area contributed by atoms with Crippen molar-refractivity contribution in [2.45, 2.75) is 82.8 Å². The van der Waals surface area contributed by atoms with Gasteiger partial charge in [-0.25, -0.2) is 0 Å². The number of hydrogen-bond donors (Lipinski definition) is 2. The van der Waals surface area contributed by atoms with E-state index in [1.54, 1.807) is 12.1 Å². The Hall–Kier alpha value is -2.43. The smallest absolute Gasteiger partial charge is 0.251 e. The molecule has 208 valence electrons. The van der Waals surface area contributed by atoms with E-state index in [9.17, 15) is 9.90 Å². The van der Waals surface area contributed by atoms with Gasteiger partial charge in [0.05, 0.1) is 12.7 Å². The summed E-state index contributed by atoms with van der Waals surface area (Å²) in [7, 11) is -2.06. The Morgan fingerprint density at radius 2 is 1.79 bits per heavy atom. The number of amides is 1. The molecule has 4 atom stereocenters. The first-order chi connectivity index (χ1) is 17.8. The summed E-state index contributed by atoms with van der Waals surface area (Å²) < 4.78 is 30.0. The zero-order chi connectivity index (χ0) is 27.7. The lowest BCUT2D eigenvalue weighted by Gasteiger charge is -2.37. The second kappa shape index (κ2) is 11.0. The van der Waals surface area contributed by atoms with E-state index in [4.69, 9.17) is 23.4 Å². The number of carbonyl (C=O) groups is 1. The fourth-order valence-electron chi connectivity index (χ4n) is 4.49. The van der Waals surface area contributed by atoms with Gasteiger partial charge in [-0.05, 0) is 61.8 Å². The highest BCUT2D eigenvalue weighted by molar-refractivity contribution is 6.74. The maximum atomic E-state index is 12.9. The average molecular weight is 544 g/mol. The molecule has 0 aliphatic carbocycles. The molecule has 2 N–H and O–H groups in total. The highest BCUT2D eigenvalue weighted by Crippen LogP contribution is 2.40. The van der Waals surface area contributed by atoms with Crippen LogP contribution in [0, 0.1) is 0 Å². The lowest BCUT2D eigenvalue weighted by molar-refractivity contribution is -0.157. The summed E-state index contributed by atoms with van der Waals surface area (Å²) in [4.78, 5) is 12.9. The molecule has 0 spiro atoms. The summed E-state index contributed by atoms with van der Waals surface area (Å²) >= 11 is 0. The van der Waals surface area contributed by atoms with E-state index in [2.05, 4.69) is 39.2 Å². The van der Waals surface area contributed by atoms with Crippen LogP contribution in [-0.2, 0) is 13.9 Å². The van der Waals surface area contributed by atoms with Gasteiger partial charge in [-0.2, -0.15) is 0 Å². The number of aliphatic hydroxyl groups excluding tert-OH is 1. The van der Waals surface area contributed by atoms with Gasteiger partial charge in [-0.3, -0.25) is 4.79 Å². The van der Waals surface area contributed by atoms with Crippen molar-refractivity contribution >= 4 is 14.2 Å². The van der Waals surface area contributed by atoms with Crippen molar-refractivity contribution in [1.82, 2.24) is 5.32 Å². The molecular formula is C29H41NO7Si. The van der Waals surface area contributed by atoms with Gasteiger partial charge in [-0.1, -0.05) is 45.0 Å². The number of hydrogen-bond acceptors (Lipinski definition) is 7. The molecule has 4 rings (SSSR count). The van der Waals surface area contributed by atoms with Crippen molar-refractivity contribution in [2.75, 3.05) is 19.9 Å². The van der Waals surface area contributed by atoms with E-state index >= 15 is 0 Å². The summed E-state index contributed by atoms with van der Waals surface area (Å²) in [6.45, 7) is 15.3. The first kappa shape index (κ1) is 28.6. The third-order valence-corrected chi connectivity index (χ3v) is 12.2. The topological polar surface area (TPSA) is 95.5 Å². The van der Waals surface area contributed by atoms with Crippen molar-refractivity contribution in [3.63, 3.8) is 0 Å². The Morgan fingerprint density at radius 3 is 2.47 bits per heavy atom. The molecule has 2 aliphatic rings. The Labute approximate surface area is 226 Å². The lowest BCUT2D eigenvalue weighted by Crippen LogP contribution is -2.48. The summed E-state index contributed by atoms with van der Waals surface area (Å²) in [5, 5.41) is 14.8. The lowest BCUT2D eigenvalue weighted by atomic mass is 9.88. The Morgan fingerprint density at radius 1 is 1.11 bits per heavy atom. The van der Waals surface area contributed by atoms with Crippen LogP contribution in [0.25, 0.3) is 0 Å². The third-order valence-electron chi connectivity index (χ3n) is 7.73. The molecule has 38 heavy (non-hydrogen) atoms. The van der Waals surface area contributed by atoms with Crippen LogP contribution < -0.4 is 14.8 Å². The van der Waals surface area contributed by atoms with Crippen LogP contribution in [0.4, 0.5) is 0 Å². The molecule has 0 bridgehead atoms. The van der Waals surface area contributed by atoms with Crippen LogP contribution in [0.1, 0.15) is 56.5 Å². The molecule has 8 nitrogen and oxygen atoms in total. The number of nitrogens with one attached hydrogen (secondary N) is 1. The van der Waals surface area contributed by atoms with Crippen LogP contribution in [0.15, 0.2) is 48.5 Å². The predicted octanol–water partition coefficient (Wildman–Crippen LogP) is 4.83. The summed E-state index contributed by atoms with van der Waals surface area (Å²) in [5.74, 6) is -0.353. The second-order valence-corrected chi connectivity index (χ2v) is 16.8. The van der Waals surface area contributed by atoms with Crippen molar-refractivity contribution < 1.29 is 33.3 Å². The van der Waals surface area contributed by atoms with E-state index in [-0.39, 0.29) is 24.3 Å². The first-order valence-corrected chi connectivity index (χ1v) is 16.1. The molecular weight excluding hydrogens is 502 g/mol. The molecule has 0 aromatic heterocycles. The number of aliphatic hydroxyl groups is 1. The number of rotatable bonds is 9. The zero-order valence-electron chi connectivity index (χ0n) is 23.4. The fourth-order valence-corrected chi connectivity index (χ4v) is 5.51. The Kier molecular flexibility index (Phi) is 8.25. The van der Waals surface area contributed by atoms with Crippen LogP contribution >= 0.6 is 0 Å². The summed E-state index contributed by atoms with van der Waals surface area (Å²) in [6, 6.07) is 14.6. The molecule has 2 aromatic carbocycles. The van der Waals surface area contributed by atoms with Gasteiger partial charge in [0.2, 0.25) is 6.79 Å². The maximum Gasteiger partial charge on any atom is 0.251 e. The number of fused-ring (bicyclic) bond motifs is 1. The quantitative estimate of drug-likeness (QED) is 0.437. The minimum atomic E-state index is -2.06. The van der Waals surface area contributed by atoms with Gasteiger partial charge in [0, 0.05) is 18.0 Å². The van der Waals surface area contributed by atoms with Crippen LogP contribution in [0.3, 0.4) is 0 Å². The summed E-state index contributed by atoms with van der Waals surface area (Å²) in [6.07, 6.45) is -2.14. The number of carbonyl (C=O) groups excluding carboxylic acids is 1. The summed E-state index contributed by atoms with van der Waals surface area (Å²) in [5.41, 5.74) is 1.35. The second-order valence-electron chi connectivity index (χ2n) is 12.0. The highest BCUT2D eigenvalue weighted by Gasteiger charge is 2.48. The van der Waals surface area contributed by atoms with E-state index in [0.717, 1.165) is 5.56 Å². The maximum absolute atomic E-state index is 12.9. The van der Waals surface area contributed by atoms with E-state index in [1.807, 2.05) is 50.2 Å². The monoisotopic (exact) mass is 543 g/mol. The SMILES string of the molecule is CC1(C)O[C@@H]([C@H](O)[C@@H](CNC(=O)c2ccccc2)c2ccc3c(c2)OCO3)[C@H](CO[Si](C)(C)C(C)(C)C)O1. The van der Waals surface area contributed by atoms with Crippen LogP contribution in [0.2, 0.25) is 18.1 Å². The van der Waals surface area contributed by atoms with Gasteiger partial charge in [0.1, 0.15) is 12.2 Å².